The first-order valence-corrected chi connectivity index (χ1v) is 10.1. The summed E-state index contributed by atoms with van der Waals surface area (Å²) in [5.74, 6) is -0.0609. The smallest absolute Gasteiger partial charge is 0.194 e. The standard InChI is InChI=1S/C23H17N3O2S/c27-14-15-5-7-16(8-6-15)22-20(26-11-12-29-23(26)25-22)9-10-21(28)18-13-24-19-4-2-1-3-17(18)19/h1-13,24,27H,14H2. The van der Waals surface area contributed by atoms with E-state index in [0.717, 1.165) is 38.4 Å². The molecule has 0 aliphatic rings. The van der Waals surface area contributed by atoms with Crippen LogP contribution in [-0.4, -0.2) is 25.3 Å². The predicted molar refractivity (Wildman–Crippen MR) is 116 cm³/mol. The lowest BCUT2D eigenvalue weighted by molar-refractivity contribution is 0.104. The average molecular weight is 399 g/mol. The van der Waals surface area contributed by atoms with E-state index in [0.29, 0.717) is 5.56 Å². The summed E-state index contributed by atoms with van der Waals surface area (Å²) in [7, 11) is 0. The molecule has 5 nitrogen and oxygen atoms in total. The van der Waals surface area contributed by atoms with Crippen LogP contribution in [0, 0.1) is 0 Å². The molecule has 0 atom stereocenters. The third-order valence-electron chi connectivity index (χ3n) is 4.96. The van der Waals surface area contributed by atoms with Crippen molar-refractivity contribution in [2.75, 3.05) is 0 Å². The summed E-state index contributed by atoms with van der Waals surface area (Å²) in [6, 6.07) is 15.4. The van der Waals surface area contributed by atoms with Crippen LogP contribution >= 0.6 is 11.3 Å². The van der Waals surface area contributed by atoms with E-state index >= 15 is 0 Å². The summed E-state index contributed by atoms with van der Waals surface area (Å²) >= 11 is 1.55. The number of nitrogens with one attached hydrogen (secondary N) is 1. The van der Waals surface area contributed by atoms with Crippen molar-refractivity contribution < 1.29 is 9.90 Å². The van der Waals surface area contributed by atoms with Gasteiger partial charge in [-0.1, -0.05) is 42.5 Å². The fourth-order valence-electron chi connectivity index (χ4n) is 3.46. The van der Waals surface area contributed by atoms with Gasteiger partial charge in [-0.25, -0.2) is 4.98 Å². The van der Waals surface area contributed by atoms with E-state index < -0.39 is 0 Å². The van der Waals surface area contributed by atoms with Gasteiger partial charge in [-0.2, -0.15) is 0 Å². The van der Waals surface area contributed by atoms with Crippen LogP contribution in [0.3, 0.4) is 0 Å². The zero-order chi connectivity index (χ0) is 19.8. The van der Waals surface area contributed by atoms with Crippen molar-refractivity contribution in [3.8, 4) is 11.3 Å². The lowest BCUT2D eigenvalue weighted by Gasteiger charge is -2.02. The molecular formula is C23H17N3O2S. The van der Waals surface area contributed by atoms with Crippen LogP contribution in [0.5, 0.6) is 0 Å². The van der Waals surface area contributed by atoms with Gasteiger partial charge in [0, 0.05) is 39.8 Å². The fraction of sp³-hybridized carbons (Fsp3) is 0.0435. The molecular weight excluding hydrogens is 382 g/mol. The number of aliphatic hydroxyl groups excluding tert-OH is 1. The largest absolute Gasteiger partial charge is 0.392 e. The van der Waals surface area contributed by atoms with Crippen molar-refractivity contribution in [2.24, 2.45) is 0 Å². The first-order chi connectivity index (χ1) is 14.2. The van der Waals surface area contributed by atoms with Crippen LogP contribution in [0.2, 0.25) is 0 Å². The topological polar surface area (TPSA) is 70.4 Å². The third-order valence-corrected chi connectivity index (χ3v) is 5.71. The van der Waals surface area contributed by atoms with E-state index in [4.69, 9.17) is 4.98 Å². The van der Waals surface area contributed by atoms with E-state index in [1.807, 2.05) is 70.6 Å². The molecule has 29 heavy (non-hydrogen) atoms. The lowest BCUT2D eigenvalue weighted by atomic mass is 10.1. The summed E-state index contributed by atoms with van der Waals surface area (Å²) in [5.41, 5.74) is 5.05. The maximum absolute atomic E-state index is 12.9. The number of imidazole rings is 1. The van der Waals surface area contributed by atoms with Gasteiger partial charge >= 0.3 is 0 Å². The maximum atomic E-state index is 12.9. The number of thiazole rings is 1. The molecule has 3 aromatic heterocycles. The minimum Gasteiger partial charge on any atom is -0.392 e. The molecule has 3 heterocycles. The molecule has 2 aromatic carbocycles. The number of hydrogen-bond donors (Lipinski definition) is 2. The Labute approximate surface area is 170 Å². The number of ketones is 1. The number of benzene rings is 2. The van der Waals surface area contributed by atoms with Gasteiger partial charge in [0.2, 0.25) is 0 Å². The van der Waals surface area contributed by atoms with Crippen LogP contribution < -0.4 is 0 Å². The van der Waals surface area contributed by atoms with Crippen molar-refractivity contribution in [1.82, 2.24) is 14.4 Å². The summed E-state index contributed by atoms with van der Waals surface area (Å²) in [5, 5.41) is 12.2. The van der Waals surface area contributed by atoms with Crippen LogP contribution in [0.4, 0.5) is 0 Å². The Morgan fingerprint density at radius 2 is 2.00 bits per heavy atom. The maximum Gasteiger partial charge on any atom is 0.194 e. The lowest BCUT2D eigenvalue weighted by Crippen LogP contribution is -1.93. The number of rotatable bonds is 5. The highest BCUT2D eigenvalue weighted by molar-refractivity contribution is 7.15. The second-order valence-electron chi connectivity index (χ2n) is 6.70. The van der Waals surface area contributed by atoms with E-state index in [-0.39, 0.29) is 12.4 Å². The number of hydrogen-bond acceptors (Lipinski definition) is 4. The Hall–Kier alpha value is -3.48. The second-order valence-corrected chi connectivity index (χ2v) is 7.57. The molecule has 5 aromatic rings. The summed E-state index contributed by atoms with van der Waals surface area (Å²) in [6.07, 6.45) is 7.13. The van der Waals surface area contributed by atoms with Gasteiger partial charge in [0.25, 0.3) is 0 Å². The number of carbonyl (C=O) groups excluding carboxylic acids is 1. The van der Waals surface area contributed by atoms with Gasteiger partial charge in [-0.3, -0.25) is 9.20 Å². The number of nitrogens with zero attached hydrogens (tertiary/aromatic N) is 2. The molecule has 0 aliphatic carbocycles. The van der Waals surface area contributed by atoms with Gasteiger partial charge in [-0.15, -0.1) is 11.3 Å². The van der Waals surface area contributed by atoms with Crippen LogP contribution in [0.1, 0.15) is 21.6 Å². The minimum absolute atomic E-state index is 0.00441. The van der Waals surface area contributed by atoms with Crippen molar-refractivity contribution >= 4 is 39.1 Å². The minimum atomic E-state index is -0.0609. The molecule has 0 saturated carbocycles. The van der Waals surface area contributed by atoms with Crippen molar-refractivity contribution in [3.63, 3.8) is 0 Å². The molecule has 0 aliphatic heterocycles. The predicted octanol–water partition coefficient (Wildman–Crippen LogP) is 4.93. The molecule has 0 fully saturated rings. The number of allylic oxidation sites excluding steroid dienone is 1. The molecule has 6 heteroatoms. The number of H-pyrrole nitrogens is 1. The van der Waals surface area contributed by atoms with E-state index in [1.54, 1.807) is 23.6 Å². The molecule has 0 radical (unpaired) electrons. The highest BCUT2D eigenvalue weighted by Gasteiger charge is 2.14. The molecule has 0 spiro atoms. The van der Waals surface area contributed by atoms with E-state index in [1.165, 1.54) is 0 Å². The number of aliphatic hydroxyl groups is 1. The van der Waals surface area contributed by atoms with E-state index in [9.17, 15) is 9.90 Å². The first kappa shape index (κ1) is 17.6. The Bertz CT molecular complexity index is 1360. The number of para-hydroxylation sites is 1. The zero-order valence-electron chi connectivity index (χ0n) is 15.4. The average Bonchev–Trinajstić information content (AvgIpc) is 3.46. The molecule has 0 unspecified atom stereocenters. The SMILES string of the molecule is O=C(C=Cc1c(-c2ccc(CO)cc2)nc2sccn12)c1c[nH]c2ccccc12. The molecule has 5 rings (SSSR count). The van der Waals surface area contributed by atoms with E-state index in [2.05, 4.69) is 4.98 Å². The third kappa shape index (κ3) is 3.08. The first-order valence-electron chi connectivity index (χ1n) is 9.19. The molecule has 0 amide bonds. The second kappa shape index (κ2) is 7.16. The van der Waals surface area contributed by atoms with Crippen LogP contribution in [-0.2, 0) is 6.61 Å². The quantitative estimate of drug-likeness (QED) is 0.325. The monoisotopic (exact) mass is 399 g/mol. The molecule has 142 valence electrons. The number of aromatic nitrogens is 3. The highest BCUT2D eigenvalue weighted by atomic mass is 32.1. The number of carbonyl (C=O) groups is 1. The Morgan fingerprint density at radius 3 is 2.83 bits per heavy atom. The van der Waals surface area contributed by atoms with Gasteiger partial charge in [-0.05, 0) is 23.8 Å². The number of fused-ring (bicyclic) bond motifs is 2. The van der Waals surface area contributed by atoms with Crippen molar-refractivity contribution in [1.29, 1.82) is 0 Å². The molecule has 0 bridgehead atoms. The molecule has 0 saturated heterocycles. The number of aromatic amines is 1. The normalized spacial score (nSPS) is 11.8. The van der Waals surface area contributed by atoms with Crippen molar-refractivity contribution in [3.05, 3.63) is 89.2 Å². The Kier molecular flexibility index (Phi) is 4.35. The highest BCUT2D eigenvalue weighted by Crippen LogP contribution is 2.28. The van der Waals surface area contributed by atoms with Crippen LogP contribution in [0.15, 0.2) is 72.4 Å². The summed E-state index contributed by atoms with van der Waals surface area (Å²) in [4.78, 5) is 21.6. The summed E-state index contributed by atoms with van der Waals surface area (Å²) in [6.45, 7) is 0.00441. The van der Waals surface area contributed by atoms with Gasteiger partial charge in [0.05, 0.1) is 18.0 Å². The van der Waals surface area contributed by atoms with Gasteiger partial charge < -0.3 is 10.1 Å². The Balaban J connectivity index is 1.55. The van der Waals surface area contributed by atoms with Gasteiger partial charge in [0.1, 0.15) is 0 Å². The fourth-order valence-corrected chi connectivity index (χ4v) is 4.18. The zero-order valence-corrected chi connectivity index (χ0v) is 16.2. The van der Waals surface area contributed by atoms with Crippen molar-refractivity contribution in [2.45, 2.75) is 6.61 Å². The Morgan fingerprint density at radius 1 is 1.17 bits per heavy atom. The van der Waals surface area contributed by atoms with Gasteiger partial charge in [0.15, 0.2) is 10.7 Å². The van der Waals surface area contributed by atoms with Crippen LogP contribution in [0.25, 0.3) is 33.2 Å². The summed E-state index contributed by atoms with van der Waals surface area (Å²) < 4.78 is 1.99. The molecule has 2 N–H and O–H groups in total.